The summed E-state index contributed by atoms with van der Waals surface area (Å²) >= 11 is 0. The highest BCUT2D eigenvalue weighted by atomic mass is 16.6. The van der Waals surface area contributed by atoms with Crippen molar-refractivity contribution >= 4 is 17.7 Å². The van der Waals surface area contributed by atoms with E-state index in [0.717, 1.165) is 12.8 Å². The third kappa shape index (κ3) is 2.01. The van der Waals surface area contributed by atoms with Gasteiger partial charge in [-0.1, -0.05) is 19.4 Å². The van der Waals surface area contributed by atoms with Crippen LogP contribution in [0.25, 0.3) is 0 Å². The SMILES string of the molecule is CCCCC1(C=O)Nc2cccc([N+](=O)[O-])c2O1. The molecule has 1 heterocycles. The van der Waals surface area contributed by atoms with Crippen LogP contribution in [-0.4, -0.2) is 16.9 Å². The number of nitro benzene ring substituents is 1. The number of nitrogens with zero attached hydrogens (tertiary/aromatic N) is 1. The Hall–Kier alpha value is -2.11. The predicted octanol–water partition coefficient (Wildman–Crippen LogP) is 2.48. The van der Waals surface area contributed by atoms with Gasteiger partial charge in [0.15, 0.2) is 6.29 Å². The van der Waals surface area contributed by atoms with Gasteiger partial charge in [-0.05, 0) is 12.5 Å². The topological polar surface area (TPSA) is 81.5 Å². The van der Waals surface area contributed by atoms with Crippen LogP contribution in [0.15, 0.2) is 18.2 Å². The molecule has 0 amide bonds. The quantitative estimate of drug-likeness (QED) is 0.493. The summed E-state index contributed by atoms with van der Waals surface area (Å²) in [7, 11) is 0. The lowest BCUT2D eigenvalue weighted by atomic mass is 10.1. The first kappa shape index (κ1) is 12.3. The molecule has 1 atom stereocenters. The lowest BCUT2D eigenvalue weighted by Crippen LogP contribution is -2.41. The second-order valence-electron chi connectivity index (χ2n) is 4.25. The lowest BCUT2D eigenvalue weighted by Gasteiger charge is -2.22. The standard InChI is InChI=1S/C12H14N2O4/c1-2-3-7-12(8-15)13-9-5-4-6-10(14(16)17)11(9)18-12/h4-6,8,13H,2-3,7H2,1H3. The third-order valence-electron chi connectivity index (χ3n) is 2.91. The Bertz CT molecular complexity index is 489. The molecule has 0 saturated carbocycles. The van der Waals surface area contributed by atoms with Gasteiger partial charge in [-0.15, -0.1) is 0 Å². The molecule has 1 aromatic carbocycles. The molecular formula is C12H14N2O4. The Kier molecular flexibility index (Phi) is 3.18. The molecule has 0 aliphatic carbocycles. The number of nitro groups is 1. The maximum absolute atomic E-state index is 11.2. The van der Waals surface area contributed by atoms with Crippen molar-refractivity contribution in [2.75, 3.05) is 5.32 Å². The fourth-order valence-corrected chi connectivity index (χ4v) is 1.98. The van der Waals surface area contributed by atoms with E-state index in [0.29, 0.717) is 18.4 Å². The van der Waals surface area contributed by atoms with Crippen LogP contribution in [0.4, 0.5) is 11.4 Å². The largest absolute Gasteiger partial charge is 0.452 e. The van der Waals surface area contributed by atoms with E-state index in [1.165, 1.54) is 6.07 Å². The van der Waals surface area contributed by atoms with Crippen LogP contribution in [0.3, 0.4) is 0 Å². The number of rotatable bonds is 5. The van der Waals surface area contributed by atoms with E-state index >= 15 is 0 Å². The maximum Gasteiger partial charge on any atom is 0.313 e. The monoisotopic (exact) mass is 250 g/mol. The molecule has 96 valence electrons. The average molecular weight is 250 g/mol. The van der Waals surface area contributed by atoms with Gasteiger partial charge in [-0.3, -0.25) is 14.9 Å². The van der Waals surface area contributed by atoms with Crippen molar-refractivity contribution in [3.63, 3.8) is 0 Å². The van der Waals surface area contributed by atoms with E-state index < -0.39 is 10.6 Å². The van der Waals surface area contributed by atoms with E-state index in [1.807, 2.05) is 6.92 Å². The van der Waals surface area contributed by atoms with E-state index in [4.69, 9.17) is 4.74 Å². The van der Waals surface area contributed by atoms with Gasteiger partial charge in [0.2, 0.25) is 11.5 Å². The highest BCUT2D eigenvalue weighted by molar-refractivity contribution is 5.79. The second kappa shape index (κ2) is 4.64. The number of aldehydes is 1. The molecule has 1 aliphatic rings. The van der Waals surface area contributed by atoms with E-state index in [2.05, 4.69) is 5.32 Å². The predicted molar refractivity (Wildman–Crippen MR) is 65.7 cm³/mol. The Morgan fingerprint density at radius 2 is 2.33 bits per heavy atom. The van der Waals surface area contributed by atoms with Crippen molar-refractivity contribution in [2.24, 2.45) is 0 Å². The Balaban J connectivity index is 2.33. The van der Waals surface area contributed by atoms with Gasteiger partial charge >= 0.3 is 5.69 Å². The van der Waals surface area contributed by atoms with Gasteiger partial charge in [-0.2, -0.15) is 0 Å². The minimum absolute atomic E-state index is 0.125. The van der Waals surface area contributed by atoms with Gasteiger partial charge < -0.3 is 10.1 Å². The molecule has 0 bridgehead atoms. The number of hydrogen-bond donors (Lipinski definition) is 1. The third-order valence-corrected chi connectivity index (χ3v) is 2.91. The van der Waals surface area contributed by atoms with Crippen LogP contribution < -0.4 is 10.1 Å². The number of carbonyl (C=O) groups excluding carboxylic acids is 1. The van der Waals surface area contributed by atoms with Crippen LogP contribution in [0.2, 0.25) is 0 Å². The molecule has 1 unspecified atom stereocenters. The molecule has 1 aromatic rings. The van der Waals surface area contributed by atoms with E-state index in [1.54, 1.807) is 12.1 Å². The summed E-state index contributed by atoms with van der Waals surface area (Å²) in [6, 6.07) is 4.59. The summed E-state index contributed by atoms with van der Waals surface area (Å²) < 4.78 is 5.52. The highest BCUT2D eigenvalue weighted by Gasteiger charge is 2.41. The van der Waals surface area contributed by atoms with Crippen LogP contribution >= 0.6 is 0 Å². The summed E-state index contributed by atoms with van der Waals surface area (Å²) in [6.07, 6.45) is 2.87. The minimum Gasteiger partial charge on any atom is -0.452 e. The van der Waals surface area contributed by atoms with Gasteiger partial charge in [0.1, 0.15) is 0 Å². The molecule has 6 nitrogen and oxygen atoms in total. The first-order valence-electron chi connectivity index (χ1n) is 5.83. The average Bonchev–Trinajstić information content (AvgIpc) is 2.75. The summed E-state index contributed by atoms with van der Waals surface area (Å²) in [5, 5.41) is 13.8. The van der Waals surface area contributed by atoms with E-state index in [-0.39, 0.29) is 11.4 Å². The van der Waals surface area contributed by atoms with E-state index in [9.17, 15) is 14.9 Å². The number of nitrogens with one attached hydrogen (secondary N) is 1. The van der Waals surface area contributed by atoms with Crippen LogP contribution in [0, 0.1) is 10.1 Å². The molecule has 6 heteroatoms. The first-order valence-corrected chi connectivity index (χ1v) is 5.83. The lowest BCUT2D eigenvalue weighted by molar-refractivity contribution is -0.385. The van der Waals surface area contributed by atoms with Crippen LogP contribution in [0.1, 0.15) is 26.2 Å². The van der Waals surface area contributed by atoms with Crippen molar-refractivity contribution in [3.8, 4) is 5.75 Å². The smallest absolute Gasteiger partial charge is 0.313 e. The molecule has 18 heavy (non-hydrogen) atoms. The zero-order chi connectivity index (χ0) is 13.2. The number of anilines is 1. The van der Waals surface area contributed by atoms with Crippen molar-refractivity contribution in [3.05, 3.63) is 28.3 Å². The molecule has 0 fully saturated rings. The first-order chi connectivity index (χ1) is 8.62. The molecule has 0 spiro atoms. The number of carbonyl (C=O) groups is 1. The van der Waals surface area contributed by atoms with Crippen molar-refractivity contribution in [1.29, 1.82) is 0 Å². The summed E-state index contributed by atoms with van der Waals surface area (Å²) in [5.74, 6) is 0.144. The Morgan fingerprint density at radius 1 is 1.56 bits per heavy atom. The van der Waals surface area contributed by atoms with Crippen LogP contribution in [0.5, 0.6) is 5.75 Å². The number of benzene rings is 1. The zero-order valence-corrected chi connectivity index (χ0v) is 10.0. The fraction of sp³-hybridized carbons (Fsp3) is 0.417. The number of unbranched alkanes of at least 4 members (excludes halogenated alkanes) is 1. The van der Waals surface area contributed by atoms with Crippen molar-refractivity contribution in [2.45, 2.75) is 31.9 Å². The molecule has 2 rings (SSSR count). The number of fused-ring (bicyclic) bond motifs is 1. The molecule has 1 N–H and O–H groups in total. The maximum atomic E-state index is 11.2. The summed E-state index contributed by atoms with van der Waals surface area (Å²) in [5.41, 5.74) is -0.794. The van der Waals surface area contributed by atoms with Crippen molar-refractivity contribution in [1.82, 2.24) is 0 Å². The molecule has 0 saturated heterocycles. The zero-order valence-electron chi connectivity index (χ0n) is 10.0. The van der Waals surface area contributed by atoms with Gasteiger partial charge in [0.25, 0.3) is 0 Å². The number of para-hydroxylation sites is 1. The van der Waals surface area contributed by atoms with Crippen molar-refractivity contribution < 1.29 is 14.5 Å². The second-order valence-corrected chi connectivity index (χ2v) is 4.25. The highest BCUT2D eigenvalue weighted by Crippen LogP contribution is 2.44. The molecular weight excluding hydrogens is 236 g/mol. The minimum atomic E-state index is -1.16. The normalized spacial score (nSPS) is 20.7. The Labute approximate surface area is 104 Å². The summed E-state index contributed by atoms with van der Waals surface area (Å²) in [6.45, 7) is 2.00. The van der Waals surface area contributed by atoms with Gasteiger partial charge in [0, 0.05) is 12.5 Å². The van der Waals surface area contributed by atoms with Gasteiger partial charge in [-0.25, -0.2) is 0 Å². The molecule has 0 aromatic heterocycles. The number of hydrogen-bond acceptors (Lipinski definition) is 5. The van der Waals surface area contributed by atoms with Crippen LogP contribution in [-0.2, 0) is 4.79 Å². The summed E-state index contributed by atoms with van der Waals surface area (Å²) in [4.78, 5) is 21.6. The Morgan fingerprint density at radius 3 is 2.94 bits per heavy atom. The van der Waals surface area contributed by atoms with Gasteiger partial charge in [0.05, 0.1) is 10.6 Å². The fourth-order valence-electron chi connectivity index (χ4n) is 1.98. The number of ether oxygens (including phenoxy) is 1. The molecule has 1 aliphatic heterocycles. The molecule has 0 radical (unpaired) electrons.